The van der Waals surface area contributed by atoms with Gasteiger partial charge < -0.3 is 5.32 Å². The van der Waals surface area contributed by atoms with Gasteiger partial charge in [-0.3, -0.25) is 14.5 Å². The molecule has 3 heterocycles. The molecule has 1 amide bonds. The highest BCUT2D eigenvalue weighted by atomic mass is 32.2. The van der Waals surface area contributed by atoms with Gasteiger partial charge in [0.1, 0.15) is 11.6 Å². The fourth-order valence-electron chi connectivity index (χ4n) is 3.62. The van der Waals surface area contributed by atoms with Gasteiger partial charge in [0, 0.05) is 29.9 Å². The maximum absolute atomic E-state index is 12.6. The van der Waals surface area contributed by atoms with Crippen LogP contribution in [0.2, 0.25) is 0 Å². The summed E-state index contributed by atoms with van der Waals surface area (Å²) in [7, 11) is -3.73. The molecule has 2 atom stereocenters. The van der Waals surface area contributed by atoms with Crippen molar-refractivity contribution in [3.8, 4) is 0 Å². The number of rotatable bonds is 6. The molecule has 0 spiro atoms. The van der Waals surface area contributed by atoms with Crippen LogP contribution in [0, 0.1) is 5.92 Å². The molecule has 3 aromatic heterocycles. The molecule has 0 saturated heterocycles. The van der Waals surface area contributed by atoms with E-state index in [1.807, 2.05) is 6.07 Å². The van der Waals surface area contributed by atoms with E-state index in [0.29, 0.717) is 12.2 Å². The lowest BCUT2D eigenvalue weighted by molar-refractivity contribution is -0.117. The molecular formula is C23H19N5O3S. The molecule has 160 valence electrons. The number of anilines is 2. The lowest BCUT2D eigenvalue weighted by atomic mass is 10.1. The summed E-state index contributed by atoms with van der Waals surface area (Å²) in [5.41, 5.74) is 1.70. The van der Waals surface area contributed by atoms with Gasteiger partial charge in [-0.2, -0.15) is 0 Å². The summed E-state index contributed by atoms with van der Waals surface area (Å²) in [5, 5.41) is 3.78. The Bertz CT molecular complexity index is 1390. The fourth-order valence-corrected chi connectivity index (χ4v) is 4.63. The largest absolute Gasteiger partial charge is 0.310 e. The second-order valence-corrected chi connectivity index (χ2v) is 9.27. The van der Waals surface area contributed by atoms with Gasteiger partial charge in [-0.1, -0.05) is 18.2 Å². The zero-order valence-electron chi connectivity index (χ0n) is 16.8. The first kappa shape index (κ1) is 20.1. The van der Waals surface area contributed by atoms with E-state index in [1.54, 1.807) is 67.0 Å². The fraction of sp³-hybridized carbons (Fsp3) is 0.130. The van der Waals surface area contributed by atoms with Crippen LogP contribution >= 0.6 is 0 Å². The maximum atomic E-state index is 12.6. The molecule has 0 radical (unpaired) electrons. The number of benzene rings is 1. The van der Waals surface area contributed by atoms with Gasteiger partial charge in [0.2, 0.25) is 5.91 Å². The number of aromatic nitrogens is 3. The van der Waals surface area contributed by atoms with Crippen LogP contribution in [-0.4, -0.2) is 29.3 Å². The SMILES string of the molecule is O=C(Nc1ccc2cnccc2n1)[C@@H]1C[C@H]1c1ccc(S(=O)(=O)Nc2ccccn2)cc1. The Kier molecular flexibility index (Phi) is 5.02. The number of carbonyl (C=O) groups is 1. The first-order valence-corrected chi connectivity index (χ1v) is 11.5. The number of nitrogens with one attached hydrogen (secondary N) is 2. The Morgan fingerprint density at radius 1 is 0.938 bits per heavy atom. The zero-order valence-corrected chi connectivity index (χ0v) is 17.7. The topological polar surface area (TPSA) is 114 Å². The number of fused-ring (bicyclic) bond motifs is 1. The van der Waals surface area contributed by atoms with Gasteiger partial charge >= 0.3 is 0 Å². The van der Waals surface area contributed by atoms with E-state index in [2.05, 4.69) is 25.0 Å². The standard InChI is InChI=1S/C23H19N5O3S/c29-23(27-22-9-6-16-14-24-12-10-20(16)26-22)19-13-18(19)15-4-7-17(8-5-15)32(30,31)28-21-3-1-2-11-25-21/h1-12,14,18-19H,13H2,(H,25,28)(H,26,27,29)/t18-,19+/m0/s1. The van der Waals surface area contributed by atoms with Gasteiger partial charge in [-0.05, 0) is 60.4 Å². The van der Waals surface area contributed by atoms with Crippen molar-refractivity contribution < 1.29 is 13.2 Å². The van der Waals surface area contributed by atoms with Crippen molar-refractivity contribution in [3.63, 3.8) is 0 Å². The Morgan fingerprint density at radius 3 is 2.56 bits per heavy atom. The van der Waals surface area contributed by atoms with Crippen LogP contribution in [0.3, 0.4) is 0 Å². The molecule has 0 bridgehead atoms. The first-order valence-electron chi connectivity index (χ1n) is 10.0. The van der Waals surface area contributed by atoms with Gasteiger partial charge in [0.05, 0.1) is 10.4 Å². The number of pyridine rings is 3. The van der Waals surface area contributed by atoms with Gasteiger partial charge in [0.25, 0.3) is 10.0 Å². The van der Waals surface area contributed by atoms with Crippen LogP contribution in [0.25, 0.3) is 10.9 Å². The highest BCUT2D eigenvalue weighted by molar-refractivity contribution is 7.92. The summed E-state index contributed by atoms with van der Waals surface area (Å²) in [6.07, 6.45) is 5.61. The Labute approximate surface area is 184 Å². The predicted molar refractivity (Wildman–Crippen MR) is 121 cm³/mol. The minimum absolute atomic E-state index is 0.0557. The molecule has 32 heavy (non-hydrogen) atoms. The summed E-state index contributed by atoms with van der Waals surface area (Å²) in [6, 6.07) is 17.0. The number of carbonyl (C=O) groups excluding carboxylic acids is 1. The first-order chi connectivity index (χ1) is 15.5. The van der Waals surface area contributed by atoms with Crippen LogP contribution in [0.5, 0.6) is 0 Å². The van der Waals surface area contributed by atoms with Crippen molar-refractivity contribution in [2.75, 3.05) is 10.0 Å². The molecule has 4 aromatic rings. The molecule has 8 nitrogen and oxygen atoms in total. The number of hydrogen-bond acceptors (Lipinski definition) is 6. The molecule has 5 rings (SSSR count). The average molecular weight is 446 g/mol. The second kappa shape index (κ2) is 8.01. The van der Waals surface area contributed by atoms with Crippen molar-refractivity contribution in [1.82, 2.24) is 15.0 Å². The summed E-state index contributed by atoms with van der Waals surface area (Å²) < 4.78 is 27.5. The third kappa shape index (κ3) is 4.15. The smallest absolute Gasteiger partial charge is 0.263 e. The molecule has 1 aliphatic rings. The summed E-state index contributed by atoms with van der Waals surface area (Å²) in [5.74, 6) is 0.555. The van der Waals surface area contributed by atoms with Gasteiger partial charge in [0.15, 0.2) is 0 Å². The Hall–Kier alpha value is -3.85. The molecule has 1 aliphatic carbocycles. The Balaban J connectivity index is 1.24. The molecule has 9 heteroatoms. The van der Waals surface area contributed by atoms with Crippen molar-refractivity contribution in [2.24, 2.45) is 5.92 Å². The molecule has 1 saturated carbocycles. The van der Waals surface area contributed by atoms with E-state index < -0.39 is 10.0 Å². The Morgan fingerprint density at radius 2 is 1.78 bits per heavy atom. The zero-order chi connectivity index (χ0) is 22.1. The molecule has 1 aromatic carbocycles. The maximum Gasteiger partial charge on any atom is 0.263 e. The molecular weight excluding hydrogens is 426 g/mol. The lowest BCUT2D eigenvalue weighted by Crippen LogP contribution is -2.15. The highest BCUT2D eigenvalue weighted by Crippen LogP contribution is 2.48. The summed E-state index contributed by atoms with van der Waals surface area (Å²) >= 11 is 0. The third-order valence-corrected chi connectivity index (χ3v) is 6.76. The third-order valence-electron chi connectivity index (χ3n) is 5.39. The average Bonchev–Trinajstić information content (AvgIpc) is 3.61. The van der Waals surface area contributed by atoms with Crippen molar-refractivity contribution in [2.45, 2.75) is 17.2 Å². The van der Waals surface area contributed by atoms with Crippen molar-refractivity contribution in [1.29, 1.82) is 0 Å². The number of sulfonamides is 1. The van der Waals surface area contributed by atoms with Crippen molar-refractivity contribution in [3.05, 3.63) is 84.8 Å². The van der Waals surface area contributed by atoms with Crippen LogP contribution in [0.15, 0.2) is 84.1 Å². The molecule has 2 N–H and O–H groups in total. The van der Waals surface area contributed by atoms with E-state index >= 15 is 0 Å². The molecule has 0 unspecified atom stereocenters. The van der Waals surface area contributed by atoms with Crippen molar-refractivity contribution >= 4 is 38.5 Å². The predicted octanol–water partition coefficient (Wildman–Crippen LogP) is 3.57. The monoisotopic (exact) mass is 445 g/mol. The number of hydrogen-bond donors (Lipinski definition) is 2. The van der Waals surface area contributed by atoms with E-state index in [0.717, 1.165) is 16.5 Å². The van der Waals surface area contributed by atoms with E-state index in [4.69, 9.17) is 0 Å². The van der Waals surface area contributed by atoms with Crippen LogP contribution in [0.4, 0.5) is 11.6 Å². The van der Waals surface area contributed by atoms with E-state index in [1.165, 1.54) is 6.20 Å². The van der Waals surface area contributed by atoms with Crippen LogP contribution in [-0.2, 0) is 14.8 Å². The summed E-state index contributed by atoms with van der Waals surface area (Å²) in [4.78, 5) is 25.3. The quantitative estimate of drug-likeness (QED) is 0.469. The van der Waals surface area contributed by atoms with Crippen LogP contribution < -0.4 is 10.0 Å². The lowest BCUT2D eigenvalue weighted by Gasteiger charge is -2.08. The highest BCUT2D eigenvalue weighted by Gasteiger charge is 2.44. The number of nitrogens with zero attached hydrogens (tertiary/aromatic N) is 3. The number of amides is 1. The van der Waals surface area contributed by atoms with Gasteiger partial charge in [-0.25, -0.2) is 18.4 Å². The van der Waals surface area contributed by atoms with Crippen LogP contribution in [0.1, 0.15) is 17.9 Å². The summed E-state index contributed by atoms with van der Waals surface area (Å²) in [6.45, 7) is 0. The minimum Gasteiger partial charge on any atom is -0.310 e. The van der Waals surface area contributed by atoms with E-state index in [9.17, 15) is 13.2 Å². The van der Waals surface area contributed by atoms with Gasteiger partial charge in [-0.15, -0.1) is 0 Å². The minimum atomic E-state index is -3.73. The second-order valence-electron chi connectivity index (χ2n) is 7.59. The normalized spacial score (nSPS) is 17.6. The molecule has 1 fully saturated rings. The molecule has 0 aliphatic heterocycles. The van der Waals surface area contributed by atoms with E-state index in [-0.39, 0.29) is 28.5 Å².